The van der Waals surface area contributed by atoms with Crippen molar-refractivity contribution in [3.05, 3.63) is 0 Å². The van der Waals surface area contributed by atoms with E-state index in [0.717, 1.165) is 12.8 Å². The van der Waals surface area contributed by atoms with Gasteiger partial charge in [-0.15, -0.1) is 0 Å². The largest absolute Gasteiger partial charge is 0.461 e. The fraction of sp³-hybridized carbons (Fsp3) is 0.923. The molecule has 1 aliphatic carbocycles. The highest BCUT2D eigenvalue weighted by atomic mass is 16.5. The third-order valence-corrected chi connectivity index (χ3v) is 3.19. The summed E-state index contributed by atoms with van der Waals surface area (Å²) in [5.74, 6) is 1.18. The van der Waals surface area contributed by atoms with Crippen molar-refractivity contribution < 1.29 is 14.3 Å². The monoisotopic (exact) mass is 243 g/mol. The first-order valence-electron chi connectivity index (χ1n) is 6.51. The van der Waals surface area contributed by atoms with Gasteiger partial charge in [-0.3, -0.25) is 4.79 Å². The van der Waals surface area contributed by atoms with Crippen molar-refractivity contribution in [1.82, 2.24) is 5.32 Å². The number of esters is 1. The molecule has 4 heteroatoms. The van der Waals surface area contributed by atoms with Gasteiger partial charge in [0.2, 0.25) is 0 Å². The van der Waals surface area contributed by atoms with Gasteiger partial charge in [0.05, 0.1) is 13.2 Å². The van der Waals surface area contributed by atoms with Gasteiger partial charge in [0, 0.05) is 13.7 Å². The molecule has 4 nitrogen and oxygen atoms in total. The zero-order valence-electron chi connectivity index (χ0n) is 11.2. The molecule has 1 N–H and O–H groups in total. The van der Waals surface area contributed by atoms with Crippen LogP contribution < -0.4 is 5.32 Å². The Bertz CT molecular complexity index is 223. The summed E-state index contributed by atoms with van der Waals surface area (Å²) in [5.41, 5.74) is 0. The number of carbonyl (C=O) groups excluding carboxylic acids is 1. The van der Waals surface area contributed by atoms with Crippen LogP contribution in [0.5, 0.6) is 0 Å². The molecule has 0 amide bonds. The van der Waals surface area contributed by atoms with Gasteiger partial charge in [0.25, 0.3) is 0 Å². The first-order valence-corrected chi connectivity index (χ1v) is 6.51. The van der Waals surface area contributed by atoms with E-state index in [1.807, 2.05) is 0 Å². The Kier molecular flexibility index (Phi) is 6.52. The first-order chi connectivity index (χ1) is 8.11. The van der Waals surface area contributed by atoms with Crippen LogP contribution in [0.3, 0.4) is 0 Å². The van der Waals surface area contributed by atoms with E-state index >= 15 is 0 Å². The van der Waals surface area contributed by atoms with Crippen LogP contribution in [0, 0.1) is 11.8 Å². The molecular weight excluding hydrogens is 218 g/mol. The molecule has 1 aliphatic rings. The van der Waals surface area contributed by atoms with Crippen molar-refractivity contribution in [2.24, 2.45) is 11.8 Å². The highest BCUT2D eigenvalue weighted by Crippen LogP contribution is 2.30. The summed E-state index contributed by atoms with van der Waals surface area (Å²) in [6.45, 7) is 6.04. The van der Waals surface area contributed by atoms with E-state index < -0.39 is 0 Å². The van der Waals surface area contributed by atoms with Gasteiger partial charge in [-0.25, -0.2) is 0 Å². The smallest absolute Gasteiger partial charge is 0.320 e. The quantitative estimate of drug-likeness (QED) is 0.568. The van der Waals surface area contributed by atoms with Crippen molar-refractivity contribution in [2.45, 2.75) is 39.2 Å². The Labute approximate surface area is 104 Å². The van der Waals surface area contributed by atoms with Crippen molar-refractivity contribution >= 4 is 5.97 Å². The predicted molar refractivity (Wildman–Crippen MR) is 66.8 cm³/mol. The molecular formula is C13H25NO3. The predicted octanol–water partition coefficient (Wildman–Crippen LogP) is 1.59. The summed E-state index contributed by atoms with van der Waals surface area (Å²) in [7, 11) is 1.64. The lowest BCUT2D eigenvalue weighted by molar-refractivity contribution is -0.150. The lowest BCUT2D eigenvalue weighted by atomic mass is 9.82. The standard InChI is InChI=1S/C13H25NO3/c1-10-6-11(2)8-12(7-10)17-13(15)9-14-4-5-16-3/h10-12,14H,4-9H2,1-3H3. The molecule has 1 saturated carbocycles. The molecule has 0 aliphatic heterocycles. The first kappa shape index (κ1) is 14.5. The van der Waals surface area contributed by atoms with E-state index in [2.05, 4.69) is 19.2 Å². The molecule has 17 heavy (non-hydrogen) atoms. The number of nitrogens with one attached hydrogen (secondary N) is 1. The summed E-state index contributed by atoms with van der Waals surface area (Å²) >= 11 is 0. The highest BCUT2D eigenvalue weighted by molar-refractivity contribution is 5.71. The zero-order valence-corrected chi connectivity index (χ0v) is 11.2. The van der Waals surface area contributed by atoms with Gasteiger partial charge in [-0.05, 0) is 31.1 Å². The van der Waals surface area contributed by atoms with Crippen molar-refractivity contribution in [3.63, 3.8) is 0 Å². The van der Waals surface area contributed by atoms with Crippen molar-refractivity contribution in [3.8, 4) is 0 Å². The van der Waals surface area contributed by atoms with E-state index in [0.29, 0.717) is 25.0 Å². The molecule has 0 radical (unpaired) electrons. The lowest BCUT2D eigenvalue weighted by Gasteiger charge is -2.31. The number of ether oxygens (including phenoxy) is 2. The molecule has 0 aromatic heterocycles. The Morgan fingerprint density at radius 3 is 2.47 bits per heavy atom. The maximum absolute atomic E-state index is 11.6. The molecule has 0 bridgehead atoms. The van der Waals surface area contributed by atoms with Gasteiger partial charge < -0.3 is 14.8 Å². The summed E-state index contributed by atoms with van der Waals surface area (Å²) < 4.78 is 10.4. The molecule has 0 spiro atoms. The second-order valence-corrected chi connectivity index (χ2v) is 5.20. The van der Waals surface area contributed by atoms with Gasteiger partial charge in [0.15, 0.2) is 0 Å². The van der Waals surface area contributed by atoms with Crippen LogP contribution in [0.25, 0.3) is 0 Å². The average molecular weight is 243 g/mol. The molecule has 1 fully saturated rings. The van der Waals surface area contributed by atoms with Gasteiger partial charge in [0.1, 0.15) is 6.10 Å². The summed E-state index contributed by atoms with van der Waals surface area (Å²) in [5, 5.41) is 3.00. The van der Waals surface area contributed by atoms with Crippen LogP contribution in [-0.2, 0) is 14.3 Å². The van der Waals surface area contributed by atoms with Crippen LogP contribution in [0.15, 0.2) is 0 Å². The minimum absolute atomic E-state index is 0.116. The SMILES string of the molecule is COCCNCC(=O)OC1CC(C)CC(C)C1. The Hall–Kier alpha value is -0.610. The number of rotatable bonds is 6. The average Bonchev–Trinajstić information content (AvgIpc) is 2.23. The van der Waals surface area contributed by atoms with Crippen molar-refractivity contribution in [2.75, 3.05) is 26.8 Å². The molecule has 0 aromatic carbocycles. The molecule has 0 aromatic rings. The third-order valence-electron chi connectivity index (χ3n) is 3.19. The second-order valence-electron chi connectivity index (χ2n) is 5.20. The summed E-state index contributed by atoms with van der Waals surface area (Å²) in [4.78, 5) is 11.6. The van der Waals surface area contributed by atoms with Crippen LogP contribution in [0.1, 0.15) is 33.1 Å². The number of methoxy groups -OCH3 is 1. The molecule has 2 atom stereocenters. The molecule has 1 rings (SSSR count). The second kappa shape index (κ2) is 7.67. The van der Waals surface area contributed by atoms with Gasteiger partial charge in [-0.1, -0.05) is 13.8 Å². The highest BCUT2D eigenvalue weighted by Gasteiger charge is 2.26. The van der Waals surface area contributed by atoms with Crippen LogP contribution in [-0.4, -0.2) is 38.9 Å². The number of carbonyl (C=O) groups is 1. The van der Waals surface area contributed by atoms with E-state index in [4.69, 9.17) is 9.47 Å². The fourth-order valence-corrected chi connectivity index (χ4v) is 2.56. The van der Waals surface area contributed by atoms with Crippen molar-refractivity contribution in [1.29, 1.82) is 0 Å². The summed E-state index contributed by atoms with van der Waals surface area (Å²) in [6, 6.07) is 0. The third kappa shape index (κ3) is 6.03. The molecule has 2 unspecified atom stereocenters. The lowest BCUT2D eigenvalue weighted by Crippen LogP contribution is -2.33. The number of hydrogen-bond acceptors (Lipinski definition) is 4. The Balaban J connectivity index is 2.16. The van der Waals surface area contributed by atoms with Gasteiger partial charge in [-0.2, -0.15) is 0 Å². The molecule has 100 valence electrons. The molecule has 0 heterocycles. The minimum Gasteiger partial charge on any atom is -0.461 e. The minimum atomic E-state index is -0.146. The normalized spacial score (nSPS) is 29.0. The Morgan fingerprint density at radius 2 is 1.88 bits per heavy atom. The summed E-state index contributed by atoms with van der Waals surface area (Å²) in [6.07, 6.45) is 3.38. The van der Waals surface area contributed by atoms with E-state index in [1.165, 1.54) is 6.42 Å². The van der Waals surface area contributed by atoms with E-state index in [1.54, 1.807) is 7.11 Å². The maximum atomic E-state index is 11.6. The van der Waals surface area contributed by atoms with E-state index in [9.17, 15) is 4.79 Å². The zero-order chi connectivity index (χ0) is 12.7. The van der Waals surface area contributed by atoms with Crippen LogP contribution in [0.2, 0.25) is 0 Å². The molecule has 0 saturated heterocycles. The van der Waals surface area contributed by atoms with E-state index in [-0.39, 0.29) is 18.6 Å². The van der Waals surface area contributed by atoms with Crippen LogP contribution in [0.4, 0.5) is 0 Å². The maximum Gasteiger partial charge on any atom is 0.320 e. The fourth-order valence-electron chi connectivity index (χ4n) is 2.56. The number of hydrogen-bond donors (Lipinski definition) is 1. The topological polar surface area (TPSA) is 47.6 Å². The van der Waals surface area contributed by atoms with Gasteiger partial charge >= 0.3 is 5.97 Å². The van der Waals surface area contributed by atoms with Crippen LogP contribution >= 0.6 is 0 Å². The Morgan fingerprint density at radius 1 is 1.24 bits per heavy atom.